The van der Waals surface area contributed by atoms with E-state index in [9.17, 15) is 4.79 Å². The first-order valence-corrected chi connectivity index (χ1v) is 8.02. The molecule has 116 valence electrons. The fraction of sp³-hybridized carbons (Fsp3) is 0.412. The molecule has 0 aliphatic heterocycles. The number of carbonyl (C=O) groups is 1. The number of halogens is 1. The lowest BCUT2D eigenvalue weighted by atomic mass is 9.71. The summed E-state index contributed by atoms with van der Waals surface area (Å²) in [4.78, 5) is 16.5. The van der Waals surface area contributed by atoms with Crippen LogP contribution in [-0.4, -0.2) is 15.5 Å². The quantitative estimate of drug-likeness (QED) is 0.918. The molecule has 4 nitrogen and oxygen atoms in total. The summed E-state index contributed by atoms with van der Waals surface area (Å²) < 4.78 is 2.00. The van der Waals surface area contributed by atoms with Gasteiger partial charge in [-0.3, -0.25) is 4.79 Å². The summed E-state index contributed by atoms with van der Waals surface area (Å²) in [6.07, 6.45) is 7.25. The highest BCUT2D eigenvalue weighted by Crippen LogP contribution is 2.41. The SMILES string of the molecule is Cc1nccn1CCC(=O)NC1(c2ccc(Cl)cc2)CCC1. The van der Waals surface area contributed by atoms with Crippen LogP contribution in [0.4, 0.5) is 0 Å². The van der Waals surface area contributed by atoms with Crippen molar-refractivity contribution in [3.63, 3.8) is 0 Å². The van der Waals surface area contributed by atoms with Gasteiger partial charge in [-0.25, -0.2) is 4.98 Å². The summed E-state index contributed by atoms with van der Waals surface area (Å²) in [7, 11) is 0. The van der Waals surface area contributed by atoms with Crippen molar-refractivity contribution < 1.29 is 4.79 Å². The zero-order valence-electron chi connectivity index (χ0n) is 12.7. The Morgan fingerprint density at radius 3 is 2.64 bits per heavy atom. The van der Waals surface area contributed by atoms with E-state index in [1.165, 1.54) is 0 Å². The van der Waals surface area contributed by atoms with Crippen LogP contribution in [0.25, 0.3) is 0 Å². The van der Waals surface area contributed by atoms with Crippen LogP contribution in [0, 0.1) is 6.92 Å². The maximum absolute atomic E-state index is 12.3. The van der Waals surface area contributed by atoms with Gasteiger partial charge in [0.05, 0.1) is 5.54 Å². The van der Waals surface area contributed by atoms with Crippen LogP contribution in [0.1, 0.15) is 37.1 Å². The lowest BCUT2D eigenvalue weighted by Crippen LogP contribution is -2.50. The number of nitrogens with one attached hydrogen (secondary N) is 1. The zero-order chi connectivity index (χ0) is 15.6. The predicted octanol–water partition coefficient (Wildman–Crippen LogP) is 3.43. The molecule has 0 saturated heterocycles. The maximum atomic E-state index is 12.3. The van der Waals surface area contributed by atoms with Crippen LogP contribution in [0.15, 0.2) is 36.7 Å². The van der Waals surface area contributed by atoms with Crippen molar-refractivity contribution >= 4 is 17.5 Å². The molecule has 22 heavy (non-hydrogen) atoms. The minimum Gasteiger partial charge on any atom is -0.347 e. The smallest absolute Gasteiger partial charge is 0.222 e. The van der Waals surface area contributed by atoms with E-state index in [0.717, 1.165) is 35.7 Å². The number of rotatable bonds is 5. The summed E-state index contributed by atoms with van der Waals surface area (Å²) in [5.74, 6) is 1.02. The number of aryl methyl sites for hydroxylation is 2. The number of hydrogen-bond donors (Lipinski definition) is 1. The topological polar surface area (TPSA) is 46.9 Å². The van der Waals surface area contributed by atoms with Crippen molar-refractivity contribution in [3.8, 4) is 0 Å². The number of nitrogens with zero attached hydrogens (tertiary/aromatic N) is 2. The minimum atomic E-state index is -0.203. The van der Waals surface area contributed by atoms with Gasteiger partial charge in [0.2, 0.25) is 5.91 Å². The number of carbonyl (C=O) groups excluding carboxylic acids is 1. The molecule has 1 amide bonds. The standard InChI is InChI=1S/C17H20ClN3O/c1-13-19-10-12-21(13)11-7-16(22)20-17(8-2-9-17)14-3-5-15(18)6-4-14/h3-6,10,12H,2,7-9,11H2,1H3,(H,20,22). The van der Waals surface area contributed by atoms with E-state index in [1.54, 1.807) is 6.20 Å². The van der Waals surface area contributed by atoms with Crippen molar-refractivity contribution in [2.24, 2.45) is 0 Å². The Bertz CT molecular complexity index is 659. The first-order valence-electron chi connectivity index (χ1n) is 7.64. The third-order valence-corrected chi connectivity index (χ3v) is 4.74. The van der Waals surface area contributed by atoms with Gasteiger partial charge in [-0.05, 0) is 43.9 Å². The number of imidazole rings is 1. The largest absolute Gasteiger partial charge is 0.347 e. The Hall–Kier alpha value is -1.81. The van der Waals surface area contributed by atoms with Gasteiger partial charge in [0.15, 0.2) is 0 Å². The molecule has 1 fully saturated rings. The van der Waals surface area contributed by atoms with Gasteiger partial charge in [-0.1, -0.05) is 23.7 Å². The highest BCUT2D eigenvalue weighted by Gasteiger charge is 2.39. The molecule has 1 aliphatic rings. The molecular weight excluding hydrogens is 298 g/mol. The predicted molar refractivity (Wildman–Crippen MR) is 86.7 cm³/mol. The Labute approximate surface area is 135 Å². The molecule has 0 radical (unpaired) electrons. The third kappa shape index (κ3) is 3.02. The molecule has 0 atom stereocenters. The fourth-order valence-corrected chi connectivity index (χ4v) is 3.10. The zero-order valence-corrected chi connectivity index (χ0v) is 13.4. The van der Waals surface area contributed by atoms with E-state index in [1.807, 2.05) is 42.0 Å². The van der Waals surface area contributed by atoms with E-state index in [0.29, 0.717) is 13.0 Å². The number of amides is 1. The molecule has 1 aromatic carbocycles. The summed E-state index contributed by atoms with van der Waals surface area (Å²) in [6.45, 7) is 2.60. The van der Waals surface area contributed by atoms with Crippen LogP contribution in [0.5, 0.6) is 0 Å². The Morgan fingerprint density at radius 2 is 2.09 bits per heavy atom. The fourth-order valence-electron chi connectivity index (χ4n) is 2.98. The second-order valence-corrected chi connectivity index (χ2v) is 6.35. The molecular formula is C17H20ClN3O. The first-order chi connectivity index (χ1) is 10.6. The van der Waals surface area contributed by atoms with Crippen LogP contribution < -0.4 is 5.32 Å². The van der Waals surface area contributed by atoms with E-state index < -0.39 is 0 Å². The molecule has 1 heterocycles. The molecule has 1 aliphatic carbocycles. The van der Waals surface area contributed by atoms with Gasteiger partial charge in [0.1, 0.15) is 5.82 Å². The van der Waals surface area contributed by atoms with E-state index in [4.69, 9.17) is 11.6 Å². The highest BCUT2D eigenvalue weighted by atomic mass is 35.5. The highest BCUT2D eigenvalue weighted by molar-refractivity contribution is 6.30. The molecule has 0 bridgehead atoms. The Balaban J connectivity index is 1.64. The Morgan fingerprint density at radius 1 is 1.36 bits per heavy atom. The van der Waals surface area contributed by atoms with Gasteiger partial charge < -0.3 is 9.88 Å². The van der Waals surface area contributed by atoms with Crippen LogP contribution in [0.2, 0.25) is 5.02 Å². The summed E-state index contributed by atoms with van der Waals surface area (Å²) in [5.41, 5.74) is 0.946. The van der Waals surface area contributed by atoms with Gasteiger partial charge in [-0.15, -0.1) is 0 Å². The van der Waals surface area contributed by atoms with Crippen molar-refractivity contribution in [2.45, 2.75) is 44.7 Å². The molecule has 1 N–H and O–H groups in total. The first kappa shape index (κ1) is 15.1. The van der Waals surface area contributed by atoms with Crippen LogP contribution in [-0.2, 0) is 16.9 Å². The average Bonchev–Trinajstić information content (AvgIpc) is 2.87. The lowest BCUT2D eigenvalue weighted by molar-refractivity contribution is -0.124. The summed E-state index contributed by atoms with van der Waals surface area (Å²) >= 11 is 5.95. The van der Waals surface area contributed by atoms with E-state index in [2.05, 4.69) is 10.3 Å². The van der Waals surface area contributed by atoms with Gasteiger partial charge in [0.25, 0.3) is 0 Å². The number of aromatic nitrogens is 2. The van der Waals surface area contributed by atoms with Crippen molar-refractivity contribution in [1.29, 1.82) is 0 Å². The average molecular weight is 318 g/mol. The monoisotopic (exact) mass is 317 g/mol. The van der Waals surface area contributed by atoms with Crippen molar-refractivity contribution in [1.82, 2.24) is 14.9 Å². The lowest BCUT2D eigenvalue weighted by Gasteiger charge is -2.43. The van der Waals surface area contributed by atoms with Crippen molar-refractivity contribution in [3.05, 3.63) is 53.1 Å². The molecule has 3 rings (SSSR count). The summed E-state index contributed by atoms with van der Waals surface area (Å²) in [6, 6.07) is 7.81. The number of benzene rings is 1. The molecule has 1 saturated carbocycles. The van der Waals surface area contributed by atoms with Crippen LogP contribution >= 0.6 is 11.6 Å². The van der Waals surface area contributed by atoms with Crippen molar-refractivity contribution in [2.75, 3.05) is 0 Å². The molecule has 5 heteroatoms. The van der Waals surface area contributed by atoms with E-state index in [-0.39, 0.29) is 11.4 Å². The molecule has 1 aromatic heterocycles. The Kier molecular flexibility index (Phi) is 4.21. The normalized spacial score (nSPS) is 16.1. The second kappa shape index (κ2) is 6.13. The van der Waals surface area contributed by atoms with Gasteiger partial charge >= 0.3 is 0 Å². The molecule has 2 aromatic rings. The van der Waals surface area contributed by atoms with Gasteiger partial charge in [-0.2, -0.15) is 0 Å². The minimum absolute atomic E-state index is 0.0859. The van der Waals surface area contributed by atoms with Crippen LogP contribution in [0.3, 0.4) is 0 Å². The van der Waals surface area contributed by atoms with E-state index >= 15 is 0 Å². The molecule has 0 unspecified atom stereocenters. The summed E-state index contributed by atoms with van der Waals surface area (Å²) in [5, 5.41) is 3.95. The second-order valence-electron chi connectivity index (χ2n) is 5.91. The maximum Gasteiger partial charge on any atom is 0.222 e. The molecule has 0 spiro atoms. The number of hydrogen-bond acceptors (Lipinski definition) is 2. The van der Waals surface area contributed by atoms with Gasteiger partial charge in [0, 0.05) is 30.4 Å². The third-order valence-electron chi connectivity index (χ3n) is 4.49.